The first kappa shape index (κ1) is 10.9. The molecule has 0 amide bonds. The first-order valence-corrected chi connectivity index (χ1v) is 4.68. The van der Waals surface area contributed by atoms with Crippen molar-refractivity contribution in [3.05, 3.63) is 28.8 Å². The first-order chi connectivity index (χ1) is 6.69. The molecule has 3 nitrogen and oxygen atoms in total. The number of halogens is 1. The van der Waals surface area contributed by atoms with Gasteiger partial charge in [0.2, 0.25) is 0 Å². The van der Waals surface area contributed by atoms with Gasteiger partial charge in [-0.15, -0.1) is 0 Å². The summed E-state index contributed by atoms with van der Waals surface area (Å²) in [6.07, 6.45) is 0. The van der Waals surface area contributed by atoms with E-state index in [1.54, 1.807) is 25.1 Å². The molecule has 0 fully saturated rings. The van der Waals surface area contributed by atoms with E-state index in [2.05, 4.69) is 5.16 Å². The number of hydrogen-bond acceptors (Lipinski definition) is 3. The molecule has 0 aliphatic rings. The summed E-state index contributed by atoms with van der Waals surface area (Å²) < 4.78 is 5.36. The lowest BCUT2D eigenvalue weighted by Gasteiger charge is -2.09. The van der Waals surface area contributed by atoms with Crippen LogP contribution in [0.5, 0.6) is 5.75 Å². The number of oxime groups is 1. The van der Waals surface area contributed by atoms with Crippen molar-refractivity contribution in [2.75, 3.05) is 6.61 Å². The fourth-order valence-electron chi connectivity index (χ4n) is 1.12. The van der Waals surface area contributed by atoms with Gasteiger partial charge in [0, 0.05) is 10.6 Å². The van der Waals surface area contributed by atoms with Crippen LogP contribution in [-0.2, 0) is 0 Å². The van der Waals surface area contributed by atoms with Crippen LogP contribution in [0.25, 0.3) is 0 Å². The van der Waals surface area contributed by atoms with Gasteiger partial charge in [-0.05, 0) is 32.0 Å². The van der Waals surface area contributed by atoms with Crippen molar-refractivity contribution in [3.8, 4) is 5.75 Å². The molecule has 0 bridgehead atoms. The molecule has 4 heteroatoms. The number of ether oxygens (including phenoxy) is 1. The highest BCUT2D eigenvalue weighted by molar-refractivity contribution is 6.31. The molecule has 0 aliphatic heterocycles. The largest absolute Gasteiger partial charge is 0.493 e. The van der Waals surface area contributed by atoms with Gasteiger partial charge in [-0.25, -0.2) is 0 Å². The summed E-state index contributed by atoms with van der Waals surface area (Å²) in [6.45, 7) is 4.14. The van der Waals surface area contributed by atoms with Crippen LogP contribution in [0.15, 0.2) is 23.4 Å². The number of benzene rings is 1. The summed E-state index contributed by atoms with van der Waals surface area (Å²) in [5.41, 5.74) is 1.19. The molecule has 0 heterocycles. The Bertz CT molecular complexity index is 350. The van der Waals surface area contributed by atoms with E-state index in [1.807, 2.05) is 6.92 Å². The molecule has 1 N–H and O–H groups in total. The van der Waals surface area contributed by atoms with Crippen molar-refractivity contribution in [1.82, 2.24) is 0 Å². The van der Waals surface area contributed by atoms with Crippen LogP contribution < -0.4 is 4.74 Å². The van der Waals surface area contributed by atoms with Crippen molar-refractivity contribution < 1.29 is 9.94 Å². The van der Waals surface area contributed by atoms with Crippen LogP contribution in [-0.4, -0.2) is 17.5 Å². The Morgan fingerprint density at radius 2 is 2.29 bits per heavy atom. The minimum Gasteiger partial charge on any atom is -0.493 e. The Labute approximate surface area is 88.0 Å². The molecule has 0 unspecified atom stereocenters. The Balaban J connectivity index is 3.15. The number of rotatable bonds is 3. The topological polar surface area (TPSA) is 41.8 Å². The van der Waals surface area contributed by atoms with Crippen LogP contribution in [0.3, 0.4) is 0 Å². The average Bonchev–Trinajstić information content (AvgIpc) is 2.20. The lowest BCUT2D eigenvalue weighted by molar-refractivity contribution is 0.317. The van der Waals surface area contributed by atoms with Crippen molar-refractivity contribution in [2.45, 2.75) is 13.8 Å². The normalized spacial score (nSPS) is 11.5. The van der Waals surface area contributed by atoms with Gasteiger partial charge in [0.1, 0.15) is 5.75 Å². The van der Waals surface area contributed by atoms with Gasteiger partial charge in [-0.2, -0.15) is 0 Å². The van der Waals surface area contributed by atoms with E-state index in [1.165, 1.54) is 0 Å². The van der Waals surface area contributed by atoms with Crippen LogP contribution in [0.2, 0.25) is 5.02 Å². The summed E-state index contributed by atoms with van der Waals surface area (Å²) in [6, 6.07) is 5.21. The minimum absolute atomic E-state index is 0.482. The molecule has 0 saturated heterocycles. The second kappa shape index (κ2) is 4.86. The van der Waals surface area contributed by atoms with E-state index >= 15 is 0 Å². The Kier molecular flexibility index (Phi) is 3.77. The Morgan fingerprint density at radius 1 is 1.57 bits per heavy atom. The van der Waals surface area contributed by atoms with Crippen LogP contribution in [0, 0.1) is 0 Å². The van der Waals surface area contributed by atoms with Crippen molar-refractivity contribution in [2.24, 2.45) is 5.16 Å². The fourth-order valence-corrected chi connectivity index (χ4v) is 1.29. The highest BCUT2D eigenvalue weighted by Crippen LogP contribution is 2.23. The lowest BCUT2D eigenvalue weighted by atomic mass is 10.1. The van der Waals surface area contributed by atoms with Gasteiger partial charge in [0.05, 0.1) is 12.3 Å². The molecule has 14 heavy (non-hydrogen) atoms. The quantitative estimate of drug-likeness (QED) is 0.477. The standard InChI is InChI=1S/C10H12ClNO2/c1-3-14-10-5-4-8(11)6-9(10)7(2)12-13/h4-6,13H,3H2,1-2H3/b12-7+. The third-order valence-electron chi connectivity index (χ3n) is 1.78. The van der Waals surface area contributed by atoms with E-state index in [0.29, 0.717) is 28.7 Å². The van der Waals surface area contributed by atoms with E-state index in [9.17, 15) is 0 Å². The van der Waals surface area contributed by atoms with Crippen molar-refractivity contribution in [3.63, 3.8) is 0 Å². The maximum absolute atomic E-state index is 8.66. The highest BCUT2D eigenvalue weighted by atomic mass is 35.5. The molecule has 0 aliphatic carbocycles. The summed E-state index contributed by atoms with van der Waals surface area (Å²) in [5, 5.41) is 12.4. The smallest absolute Gasteiger partial charge is 0.128 e. The minimum atomic E-state index is 0.482. The summed E-state index contributed by atoms with van der Waals surface area (Å²) in [4.78, 5) is 0. The zero-order valence-corrected chi connectivity index (χ0v) is 8.88. The zero-order valence-electron chi connectivity index (χ0n) is 8.12. The predicted molar refractivity (Wildman–Crippen MR) is 56.6 cm³/mol. The monoisotopic (exact) mass is 213 g/mol. The summed E-state index contributed by atoms with van der Waals surface area (Å²) in [7, 11) is 0. The van der Waals surface area contributed by atoms with E-state index in [-0.39, 0.29) is 0 Å². The number of nitrogens with zero attached hydrogens (tertiary/aromatic N) is 1. The molecule has 0 spiro atoms. The molecule has 0 atom stereocenters. The van der Waals surface area contributed by atoms with E-state index in [4.69, 9.17) is 21.5 Å². The molecule has 0 saturated carbocycles. The molecule has 76 valence electrons. The van der Waals surface area contributed by atoms with Crippen molar-refractivity contribution in [1.29, 1.82) is 0 Å². The van der Waals surface area contributed by atoms with E-state index in [0.717, 1.165) is 0 Å². The second-order valence-corrected chi connectivity index (χ2v) is 3.20. The summed E-state index contributed by atoms with van der Waals surface area (Å²) in [5.74, 6) is 0.673. The predicted octanol–water partition coefficient (Wildman–Crippen LogP) is 2.94. The average molecular weight is 214 g/mol. The van der Waals surface area contributed by atoms with Crippen molar-refractivity contribution >= 4 is 17.3 Å². The fraction of sp³-hybridized carbons (Fsp3) is 0.300. The van der Waals surface area contributed by atoms with Gasteiger partial charge >= 0.3 is 0 Å². The van der Waals surface area contributed by atoms with Gasteiger partial charge in [0.25, 0.3) is 0 Å². The maximum atomic E-state index is 8.66. The van der Waals surface area contributed by atoms with Crippen LogP contribution in [0.4, 0.5) is 0 Å². The highest BCUT2D eigenvalue weighted by Gasteiger charge is 2.07. The van der Waals surface area contributed by atoms with Gasteiger partial charge in [-0.3, -0.25) is 0 Å². The third kappa shape index (κ3) is 2.39. The molecular formula is C10H12ClNO2. The van der Waals surface area contributed by atoms with E-state index < -0.39 is 0 Å². The maximum Gasteiger partial charge on any atom is 0.128 e. The SMILES string of the molecule is CCOc1ccc(Cl)cc1/C(C)=N/O. The Hall–Kier alpha value is -1.22. The molecule has 1 rings (SSSR count). The van der Waals surface area contributed by atoms with Crippen LogP contribution in [0.1, 0.15) is 19.4 Å². The molecule has 1 aromatic carbocycles. The number of hydrogen-bond donors (Lipinski definition) is 1. The summed E-state index contributed by atoms with van der Waals surface area (Å²) >= 11 is 5.83. The Morgan fingerprint density at radius 3 is 2.86 bits per heavy atom. The molecule has 0 radical (unpaired) electrons. The lowest BCUT2D eigenvalue weighted by Crippen LogP contribution is -2.01. The molecular weight excluding hydrogens is 202 g/mol. The first-order valence-electron chi connectivity index (χ1n) is 4.30. The van der Waals surface area contributed by atoms with Gasteiger partial charge in [-0.1, -0.05) is 16.8 Å². The molecule has 0 aromatic heterocycles. The van der Waals surface area contributed by atoms with Gasteiger partial charge in [0.15, 0.2) is 0 Å². The van der Waals surface area contributed by atoms with Gasteiger partial charge < -0.3 is 9.94 Å². The third-order valence-corrected chi connectivity index (χ3v) is 2.02. The second-order valence-electron chi connectivity index (χ2n) is 2.76. The zero-order chi connectivity index (χ0) is 10.6. The van der Waals surface area contributed by atoms with Crippen LogP contribution >= 0.6 is 11.6 Å². The molecule has 1 aromatic rings.